The van der Waals surface area contributed by atoms with Crippen molar-refractivity contribution in [2.24, 2.45) is 0 Å². The molecular weight excluding hydrogens is 268 g/mol. The molecule has 108 valence electrons. The molecule has 2 aromatic rings. The lowest BCUT2D eigenvalue weighted by Crippen LogP contribution is -2.07. The lowest BCUT2D eigenvalue weighted by molar-refractivity contribution is -0.111. The predicted octanol–water partition coefficient (Wildman–Crippen LogP) is 2.75. The van der Waals surface area contributed by atoms with Crippen molar-refractivity contribution in [3.8, 4) is 11.5 Å². The minimum absolute atomic E-state index is 0.212. The monoisotopic (exact) mass is 284 g/mol. The Morgan fingerprint density at radius 3 is 2.48 bits per heavy atom. The van der Waals surface area contributed by atoms with Gasteiger partial charge < -0.3 is 14.8 Å². The van der Waals surface area contributed by atoms with Crippen LogP contribution in [-0.2, 0) is 4.79 Å². The summed E-state index contributed by atoms with van der Waals surface area (Å²) in [4.78, 5) is 15.7. The molecule has 0 bridgehead atoms. The van der Waals surface area contributed by atoms with Crippen LogP contribution in [0.25, 0.3) is 6.08 Å². The number of carbonyl (C=O) groups excluding carboxylic acids is 1. The molecule has 0 aliphatic rings. The molecule has 1 aromatic heterocycles. The van der Waals surface area contributed by atoms with Crippen LogP contribution in [0.1, 0.15) is 5.56 Å². The highest BCUT2D eigenvalue weighted by Gasteiger charge is 2.03. The molecule has 1 N–H and O–H groups in total. The summed E-state index contributed by atoms with van der Waals surface area (Å²) >= 11 is 0. The Bertz CT molecular complexity index is 639. The van der Waals surface area contributed by atoms with Crippen molar-refractivity contribution in [2.45, 2.75) is 0 Å². The van der Waals surface area contributed by atoms with Gasteiger partial charge in [0.2, 0.25) is 5.91 Å². The Kier molecular flexibility index (Phi) is 4.93. The van der Waals surface area contributed by atoms with E-state index in [4.69, 9.17) is 9.47 Å². The van der Waals surface area contributed by atoms with Gasteiger partial charge in [0.1, 0.15) is 0 Å². The molecule has 0 saturated heterocycles. The van der Waals surface area contributed by atoms with Gasteiger partial charge in [0, 0.05) is 24.2 Å². The fraction of sp³-hybridized carbons (Fsp3) is 0.125. The first-order valence-corrected chi connectivity index (χ1v) is 6.34. The molecule has 1 heterocycles. The number of hydrogen-bond acceptors (Lipinski definition) is 4. The summed E-state index contributed by atoms with van der Waals surface area (Å²) in [6.45, 7) is 0. The Morgan fingerprint density at radius 1 is 1.10 bits per heavy atom. The van der Waals surface area contributed by atoms with E-state index in [2.05, 4.69) is 10.3 Å². The van der Waals surface area contributed by atoms with Crippen LogP contribution < -0.4 is 14.8 Å². The highest BCUT2D eigenvalue weighted by Crippen LogP contribution is 2.27. The number of ether oxygens (including phenoxy) is 2. The predicted molar refractivity (Wildman–Crippen MR) is 81.4 cm³/mol. The summed E-state index contributed by atoms with van der Waals surface area (Å²) in [5.41, 5.74) is 1.55. The average Bonchev–Trinajstić information content (AvgIpc) is 2.53. The maximum atomic E-state index is 11.8. The smallest absolute Gasteiger partial charge is 0.248 e. The van der Waals surface area contributed by atoms with E-state index in [-0.39, 0.29) is 5.91 Å². The molecule has 5 heteroatoms. The third-order valence-electron chi connectivity index (χ3n) is 2.78. The number of aromatic nitrogens is 1. The van der Waals surface area contributed by atoms with Crippen LogP contribution >= 0.6 is 0 Å². The van der Waals surface area contributed by atoms with E-state index in [1.165, 1.54) is 6.08 Å². The minimum Gasteiger partial charge on any atom is -0.493 e. The molecule has 0 atom stereocenters. The Balaban J connectivity index is 2.05. The van der Waals surface area contributed by atoms with Gasteiger partial charge in [0.15, 0.2) is 11.5 Å². The molecule has 0 spiro atoms. The van der Waals surface area contributed by atoms with Gasteiger partial charge >= 0.3 is 0 Å². The van der Waals surface area contributed by atoms with Crippen LogP contribution in [0, 0.1) is 0 Å². The number of benzene rings is 1. The maximum Gasteiger partial charge on any atom is 0.248 e. The van der Waals surface area contributed by atoms with Crippen molar-refractivity contribution in [1.82, 2.24) is 4.98 Å². The normalized spacial score (nSPS) is 10.4. The van der Waals surface area contributed by atoms with Gasteiger partial charge in [-0.1, -0.05) is 6.07 Å². The minimum atomic E-state index is -0.212. The maximum absolute atomic E-state index is 11.8. The summed E-state index contributed by atoms with van der Waals surface area (Å²) < 4.78 is 10.4. The van der Waals surface area contributed by atoms with Crippen LogP contribution in [-0.4, -0.2) is 25.1 Å². The third-order valence-corrected chi connectivity index (χ3v) is 2.78. The highest BCUT2D eigenvalue weighted by atomic mass is 16.5. The molecule has 1 aromatic carbocycles. The van der Waals surface area contributed by atoms with E-state index in [1.54, 1.807) is 57.0 Å². The molecule has 0 unspecified atom stereocenters. The van der Waals surface area contributed by atoms with E-state index >= 15 is 0 Å². The Hall–Kier alpha value is -2.82. The number of nitrogens with one attached hydrogen (secondary N) is 1. The molecule has 1 amide bonds. The van der Waals surface area contributed by atoms with Crippen molar-refractivity contribution >= 4 is 17.7 Å². The van der Waals surface area contributed by atoms with E-state index in [0.717, 1.165) is 5.56 Å². The molecule has 2 rings (SSSR count). The Labute approximate surface area is 123 Å². The van der Waals surface area contributed by atoms with Crippen LogP contribution in [0.3, 0.4) is 0 Å². The number of nitrogens with zero attached hydrogens (tertiary/aromatic N) is 1. The number of methoxy groups -OCH3 is 2. The van der Waals surface area contributed by atoms with Gasteiger partial charge in [-0.05, 0) is 35.9 Å². The second-order valence-corrected chi connectivity index (χ2v) is 4.17. The molecule has 0 radical (unpaired) electrons. The summed E-state index contributed by atoms with van der Waals surface area (Å²) in [5, 5.41) is 2.74. The molecule has 0 fully saturated rings. The number of hydrogen-bond donors (Lipinski definition) is 1. The van der Waals surface area contributed by atoms with Crippen molar-refractivity contribution in [2.75, 3.05) is 19.5 Å². The number of anilines is 1. The van der Waals surface area contributed by atoms with Crippen LogP contribution in [0.2, 0.25) is 0 Å². The third kappa shape index (κ3) is 4.07. The van der Waals surface area contributed by atoms with Gasteiger partial charge in [-0.3, -0.25) is 9.78 Å². The number of amides is 1. The SMILES string of the molecule is COc1ccc(C=CC(=O)Nc2ccncc2)cc1OC. The lowest BCUT2D eigenvalue weighted by atomic mass is 10.2. The zero-order valence-corrected chi connectivity index (χ0v) is 11.9. The highest BCUT2D eigenvalue weighted by molar-refractivity contribution is 6.01. The largest absolute Gasteiger partial charge is 0.493 e. The standard InChI is InChI=1S/C16H16N2O3/c1-20-14-5-3-12(11-15(14)21-2)4-6-16(19)18-13-7-9-17-10-8-13/h3-11H,1-2H3,(H,17,18,19). The van der Waals surface area contributed by atoms with Gasteiger partial charge in [-0.15, -0.1) is 0 Å². The van der Waals surface area contributed by atoms with Crippen molar-refractivity contribution < 1.29 is 14.3 Å². The topological polar surface area (TPSA) is 60.5 Å². The number of rotatable bonds is 5. The van der Waals surface area contributed by atoms with E-state index in [1.807, 2.05) is 6.07 Å². The molecule has 5 nitrogen and oxygen atoms in total. The average molecular weight is 284 g/mol. The fourth-order valence-corrected chi connectivity index (χ4v) is 1.75. The van der Waals surface area contributed by atoms with E-state index in [0.29, 0.717) is 17.2 Å². The van der Waals surface area contributed by atoms with Crippen LogP contribution in [0.15, 0.2) is 48.8 Å². The van der Waals surface area contributed by atoms with Gasteiger partial charge in [-0.25, -0.2) is 0 Å². The van der Waals surface area contributed by atoms with Gasteiger partial charge in [0.05, 0.1) is 14.2 Å². The second-order valence-electron chi connectivity index (χ2n) is 4.17. The molecule has 21 heavy (non-hydrogen) atoms. The quantitative estimate of drug-likeness (QED) is 0.858. The van der Waals surface area contributed by atoms with Crippen molar-refractivity contribution in [3.63, 3.8) is 0 Å². The molecule has 0 aliphatic heterocycles. The first kappa shape index (κ1) is 14.6. The molecule has 0 aliphatic carbocycles. The van der Waals surface area contributed by atoms with Crippen LogP contribution in [0.5, 0.6) is 11.5 Å². The van der Waals surface area contributed by atoms with Crippen molar-refractivity contribution in [1.29, 1.82) is 0 Å². The molecule has 0 saturated carbocycles. The first-order valence-electron chi connectivity index (χ1n) is 6.34. The summed E-state index contributed by atoms with van der Waals surface area (Å²) in [5.74, 6) is 1.06. The number of pyridine rings is 1. The first-order chi connectivity index (χ1) is 10.2. The Morgan fingerprint density at radius 2 is 1.81 bits per heavy atom. The van der Waals surface area contributed by atoms with Gasteiger partial charge in [0.25, 0.3) is 0 Å². The fourth-order valence-electron chi connectivity index (χ4n) is 1.75. The summed E-state index contributed by atoms with van der Waals surface area (Å²) in [6, 6.07) is 8.89. The zero-order chi connectivity index (χ0) is 15.1. The van der Waals surface area contributed by atoms with E-state index in [9.17, 15) is 4.79 Å². The van der Waals surface area contributed by atoms with Gasteiger partial charge in [-0.2, -0.15) is 0 Å². The zero-order valence-electron chi connectivity index (χ0n) is 11.9. The lowest BCUT2D eigenvalue weighted by Gasteiger charge is -2.07. The van der Waals surface area contributed by atoms with Crippen LogP contribution in [0.4, 0.5) is 5.69 Å². The summed E-state index contributed by atoms with van der Waals surface area (Å²) in [6.07, 6.45) is 6.40. The molecular formula is C16H16N2O3. The summed E-state index contributed by atoms with van der Waals surface area (Å²) in [7, 11) is 3.15. The second kappa shape index (κ2) is 7.09. The number of carbonyl (C=O) groups is 1. The van der Waals surface area contributed by atoms with Crippen molar-refractivity contribution in [3.05, 3.63) is 54.4 Å². The van der Waals surface area contributed by atoms with E-state index < -0.39 is 0 Å².